The van der Waals surface area contributed by atoms with E-state index < -0.39 is 5.97 Å². The van der Waals surface area contributed by atoms with Crippen LogP contribution in [0.25, 0.3) is 11.0 Å². The van der Waals surface area contributed by atoms with Crippen LogP contribution < -0.4 is 4.74 Å². The van der Waals surface area contributed by atoms with Crippen LogP contribution in [-0.2, 0) is 6.42 Å². The largest absolute Gasteiger partial charge is 0.506 e. The molecule has 4 aromatic rings. The lowest BCUT2D eigenvalue weighted by Crippen LogP contribution is -2.08. The lowest BCUT2D eigenvalue weighted by Gasteiger charge is -2.06. The van der Waals surface area contributed by atoms with Crippen LogP contribution in [0.1, 0.15) is 39.0 Å². The van der Waals surface area contributed by atoms with Crippen LogP contribution >= 0.6 is 45.2 Å². The number of rotatable bonds is 5. The molecule has 0 spiro atoms. The molecule has 0 radical (unpaired) electrons. The zero-order chi connectivity index (χ0) is 22.1. The third-order valence-corrected chi connectivity index (χ3v) is 6.43. The van der Waals surface area contributed by atoms with Crippen molar-refractivity contribution in [2.45, 2.75) is 13.3 Å². The Balaban J connectivity index is 1.72. The van der Waals surface area contributed by atoms with Crippen LogP contribution in [0.5, 0.6) is 11.5 Å². The molecule has 0 fully saturated rings. The number of carbonyl (C=O) groups is 2. The van der Waals surface area contributed by atoms with E-state index in [2.05, 4.69) is 0 Å². The number of fused-ring (bicyclic) bond motifs is 1. The number of hydrogen-bond donors (Lipinski definition) is 1. The van der Waals surface area contributed by atoms with Gasteiger partial charge in [0.1, 0.15) is 22.8 Å². The Labute approximate surface area is 205 Å². The fourth-order valence-electron chi connectivity index (χ4n) is 3.27. The van der Waals surface area contributed by atoms with Gasteiger partial charge in [0.05, 0.1) is 18.3 Å². The average molecular weight is 638 g/mol. The van der Waals surface area contributed by atoms with Gasteiger partial charge in [-0.05, 0) is 81.6 Å². The standard InChI is InChI=1S/C24H16I2O5/c1-2-19-21(22(27)14-10-17(25)23(28)18(26)11-14)16-9-8-15(12-20(16)31-19)30-24(29)13-6-4-3-5-7-13/h3-12,28H,2H2,1H3. The zero-order valence-corrected chi connectivity index (χ0v) is 20.6. The Hall–Kier alpha value is -2.40. The lowest BCUT2D eigenvalue weighted by molar-refractivity contribution is 0.0734. The summed E-state index contributed by atoms with van der Waals surface area (Å²) in [5, 5.41) is 10.7. The smallest absolute Gasteiger partial charge is 0.343 e. The molecule has 1 N–H and O–H groups in total. The van der Waals surface area contributed by atoms with Gasteiger partial charge in [-0.1, -0.05) is 25.1 Å². The molecule has 5 nitrogen and oxygen atoms in total. The predicted octanol–water partition coefficient (Wildman–Crippen LogP) is 6.36. The van der Waals surface area contributed by atoms with Gasteiger partial charge in [0.2, 0.25) is 0 Å². The van der Waals surface area contributed by atoms with E-state index in [1.54, 1.807) is 54.6 Å². The van der Waals surface area contributed by atoms with Crippen molar-refractivity contribution < 1.29 is 23.8 Å². The number of halogens is 2. The molecule has 0 bridgehead atoms. The number of carbonyl (C=O) groups excluding carboxylic acids is 2. The highest BCUT2D eigenvalue weighted by atomic mass is 127. The van der Waals surface area contributed by atoms with E-state index in [1.165, 1.54) is 0 Å². The first-order valence-electron chi connectivity index (χ1n) is 9.44. The summed E-state index contributed by atoms with van der Waals surface area (Å²) < 4.78 is 12.6. The monoisotopic (exact) mass is 638 g/mol. The Morgan fingerprint density at radius 3 is 2.29 bits per heavy atom. The summed E-state index contributed by atoms with van der Waals surface area (Å²) in [5.74, 6) is 0.415. The minimum atomic E-state index is -0.466. The molecule has 0 amide bonds. The lowest BCUT2D eigenvalue weighted by atomic mass is 9.99. The van der Waals surface area contributed by atoms with Crippen molar-refractivity contribution in [1.29, 1.82) is 0 Å². The molecule has 7 heteroatoms. The van der Waals surface area contributed by atoms with Crippen molar-refractivity contribution in [2.75, 3.05) is 0 Å². The Morgan fingerprint density at radius 2 is 1.65 bits per heavy atom. The number of ketones is 1. The van der Waals surface area contributed by atoms with Crippen LogP contribution in [0, 0.1) is 7.14 Å². The fourth-order valence-corrected chi connectivity index (χ4v) is 5.04. The molecule has 0 atom stereocenters. The van der Waals surface area contributed by atoms with Gasteiger partial charge in [0, 0.05) is 23.4 Å². The second-order valence-electron chi connectivity index (χ2n) is 6.78. The fraction of sp³-hybridized carbons (Fsp3) is 0.0833. The van der Waals surface area contributed by atoms with E-state index in [1.807, 2.05) is 58.2 Å². The Morgan fingerprint density at radius 1 is 0.968 bits per heavy atom. The van der Waals surface area contributed by atoms with Gasteiger partial charge in [0.15, 0.2) is 5.78 Å². The van der Waals surface area contributed by atoms with Gasteiger partial charge in [-0.15, -0.1) is 0 Å². The second-order valence-corrected chi connectivity index (χ2v) is 9.11. The van der Waals surface area contributed by atoms with Crippen LogP contribution in [0.4, 0.5) is 0 Å². The van der Waals surface area contributed by atoms with Gasteiger partial charge < -0.3 is 14.3 Å². The summed E-state index contributed by atoms with van der Waals surface area (Å²) in [5.41, 5.74) is 1.88. The maximum Gasteiger partial charge on any atom is 0.343 e. The van der Waals surface area contributed by atoms with Crippen LogP contribution in [0.15, 0.2) is 65.1 Å². The predicted molar refractivity (Wildman–Crippen MR) is 134 cm³/mol. The van der Waals surface area contributed by atoms with Gasteiger partial charge >= 0.3 is 5.97 Å². The minimum Gasteiger partial charge on any atom is -0.506 e. The van der Waals surface area contributed by atoms with Crippen molar-refractivity contribution in [3.8, 4) is 11.5 Å². The molecule has 3 aromatic carbocycles. The first-order chi connectivity index (χ1) is 14.9. The number of furan rings is 1. The normalized spacial score (nSPS) is 10.9. The molecule has 1 aromatic heterocycles. The van der Waals surface area contributed by atoms with E-state index in [9.17, 15) is 14.7 Å². The number of hydrogen-bond acceptors (Lipinski definition) is 5. The summed E-state index contributed by atoms with van der Waals surface area (Å²) in [6.07, 6.45) is 0.529. The molecule has 0 saturated heterocycles. The summed E-state index contributed by atoms with van der Waals surface area (Å²) >= 11 is 4.01. The summed E-state index contributed by atoms with van der Waals surface area (Å²) in [7, 11) is 0. The third kappa shape index (κ3) is 4.33. The molecule has 0 aliphatic carbocycles. The summed E-state index contributed by atoms with van der Waals surface area (Å²) in [4.78, 5) is 25.7. The number of phenolic OH excluding ortho intramolecular Hbond substituents is 1. The first-order valence-corrected chi connectivity index (χ1v) is 11.6. The van der Waals surface area contributed by atoms with E-state index in [-0.39, 0.29) is 11.5 Å². The highest BCUT2D eigenvalue weighted by molar-refractivity contribution is 14.1. The number of esters is 1. The Kier molecular flexibility index (Phi) is 6.33. The van der Waals surface area contributed by atoms with Gasteiger partial charge in [0.25, 0.3) is 0 Å². The van der Waals surface area contributed by atoms with Crippen molar-refractivity contribution in [3.05, 3.63) is 90.3 Å². The van der Waals surface area contributed by atoms with E-state index in [0.717, 1.165) is 0 Å². The van der Waals surface area contributed by atoms with Crippen LogP contribution in [0.3, 0.4) is 0 Å². The zero-order valence-electron chi connectivity index (χ0n) is 16.3. The van der Waals surface area contributed by atoms with E-state index in [4.69, 9.17) is 9.15 Å². The topological polar surface area (TPSA) is 76.7 Å². The summed E-state index contributed by atoms with van der Waals surface area (Å²) in [6.45, 7) is 1.91. The van der Waals surface area contributed by atoms with E-state index >= 15 is 0 Å². The van der Waals surface area contributed by atoms with Crippen molar-refractivity contribution in [2.24, 2.45) is 0 Å². The molecule has 0 saturated carbocycles. The number of ether oxygens (including phenoxy) is 1. The number of aryl methyl sites for hydroxylation is 1. The molecular weight excluding hydrogens is 622 g/mol. The van der Waals surface area contributed by atoms with Crippen LogP contribution in [0.2, 0.25) is 0 Å². The molecule has 156 valence electrons. The molecule has 0 unspecified atom stereocenters. The van der Waals surface area contributed by atoms with Crippen molar-refractivity contribution in [3.63, 3.8) is 0 Å². The Bertz CT molecular complexity index is 1290. The molecule has 0 aliphatic rings. The second kappa shape index (κ2) is 8.99. The molecule has 31 heavy (non-hydrogen) atoms. The molecule has 4 rings (SSSR count). The maximum absolute atomic E-state index is 13.3. The van der Waals surface area contributed by atoms with Gasteiger partial charge in [-0.25, -0.2) is 4.79 Å². The van der Waals surface area contributed by atoms with Crippen molar-refractivity contribution >= 4 is 67.9 Å². The number of aromatic hydroxyl groups is 1. The molecule has 0 aliphatic heterocycles. The quantitative estimate of drug-likeness (QED) is 0.119. The minimum absolute atomic E-state index is 0.162. The van der Waals surface area contributed by atoms with Crippen LogP contribution in [-0.4, -0.2) is 16.9 Å². The van der Waals surface area contributed by atoms with Gasteiger partial charge in [-0.3, -0.25) is 4.79 Å². The third-order valence-electron chi connectivity index (χ3n) is 4.78. The van der Waals surface area contributed by atoms with E-state index in [0.29, 0.717) is 52.7 Å². The first kappa shape index (κ1) is 21.8. The number of phenols is 1. The maximum atomic E-state index is 13.3. The highest BCUT2D eigenvalue weighted by Crippen LogP contribution is 2.34. The molecular formula is C24H16I2O5. The van der Waals surface area contributed by atoms with Gasteiger partial charge in [-0.2, -0.15) is 0 Å². The summed E-state index contributed by atoms with van der Waals surface area (Å²) in [6, 6.07) is 17.0. The van der Waals surface area contributed by atoms with Crippen molar-refractivity contribution in [1.82, 2.24) is 0 Å². The average Bonchev–Trinajstić information content (AvgIpc) is 3.15. The highest BCUT2D eigenvalue weighted by Gasteiger charge is 2.23. The molecule has 1 heterocycles. The SMILES string of the molecule is CCc1oc2cc(OC(=O)c3ccccc3)ccc2c1C(=O)c1cc(I)c(O)c(I)c1. The number of benzene rings is 3.